The van der Waals surface area contributed by atoms with Gasteiger partial charge in [-0.1, -0.05) is 18.4 Å². The molecule has 1 saturated carbocycles. The summed E-state index contributed by atoms with van der Waals surface area (Å²) in [6, 6.07) is 0. The van der Waals surface area contributed by atoms with Gasteiger partial charge in [0.25, 0.3) is 5.97 Å². The summed E-state index contributed by atoms with van der Waals surface area (Å²) in [5.74, 6) is -0.125. The molecule has 3 unspecified atom stereocenters. The van der Waals surface area contributed by atoms with Gasteiger partial charge in [0.2, 0.25) is 0 Å². The van der Waals surface area contributed by atoms with Crippen molar-refractivity contribution >= 4 is 5.97 Å². The minimum absolute atomic E-state index is 0. The number of fused-ring (bicyclic) bond motifs is 2. The van der Waals surface area contributed by atoms with Gasteiger partial charge in [-0.05, 0) is 5.92 Å². The predicted molar refractivity (Wildman–Crippen MR) is 36.2 cm³/mol. The van der Waals surface area contributed by atoms with Gasteiger partial charge in [0.15, 0.2) is 0 Å². The summed E-state index contributed by atoms with van der Waals surface area (Å²) in [6.07, 6.45) is 7.09. The number of aliphatic carboxylic acids is 1. The molecule has 3 heteroatoms. The molecule has 2 nitrogen and oxygen atoms in total. The van der Waals surface area contributed by atoms with Gasteiger partial charge in [-0.2, -0.15) is 0 Å². The van der Waals surface area contributed by atoms with Crippen molar-refractivity contribution in [3.05, 3.63) is 18.6 Å². The maximum atomic E-state index is 10.5. The quantitative estimate of drug-likeness (QED) is 0.536. The molecule has 2 bridgehead atoms. The summed E-state index contributed by atoms with van der Waals surface area (Å²) in [4.78, 5) is 10.5. The molecular formula is C8H9O2Y-. The van der Waals surface area contributed by atoms with Gasteiger partial charge in [-0.25, -0.2) is 0 Å². The van der Waals surface area contributed by atoms with Crippen molar-refractivity contribution in [2.75, 3.05) is 0 Å². The van der Waals surface area contributed by atoms with Gasteiger partial charge >= 0.3 is 0 Å². The third-order valence-electron chi connectivity index (χ3n) is 2.35. The van der Waals surface area contributed by atoms with Crippen LogP contribution in [0.1, 0.15) is 6.42 Å². The Morgan fingerprint density at radius 2 is 2.27 bits per heavy atom. The summed E-state index contributed by atoms with van der Waals surface area (Å²) >= 11 is 0. The molecule has 1 N–H and O–H groups in total. The average molecular weight is 226 g/mol. The van der Waals surface area contributed by atoms with Crippen LogP contribution in [0.15, 0.2) is 12.2 Å². The van der Waals surface area contributed by atoms with Gasteiger partial charge in [0.05, 0.1) is 0 Å². The van der Waals surface area contributed by atoms with Crippen molar-refractivity contribution in [1.82, 2.24) is 0 Å². The van der Waals surface area contributed by atoms with Crippen LogP contribution in [0, 0.1) is 24.2 Å². The first kappa shape index (κ1) is 9.40. The topological polar surface area (TPSA) is 37.3 Å². The van der Waals surface area contributed by atoms with Gasteiger partial charge in [-0.3, -0.25) is 4.79 Å². The monoisotopic (exact) mass is 226 g/mol. The molecule has 11 heavy (non-hydrogen) atoms. The predicted octanol–water partition coefficient (Wildman–Crippen LogP) is 1.09. The Bertz CT molecular complexity index is 200. The van der Waals surface area contributed by atoms with Gasteiger partial charge in [0.1, 0.15) is 0 Å². The van der Waals surface area contributed by atoms with E-state index in [4.69, 9.17) is 5.11 Å². The van der Waals surface area contributed by atoms with E-state index in [0.717, 1.165) is 6.42 Å². The zero-order valence-electron chi connectivity index (χ0n) is 6.10. The van der Waals surface area contributed by atoms with Crippen molar-refractivity contribution < 1.29 is 42.6 Å². The fourth-order valence-corrected chi connectivity index (χ4v) is 1.84. The molecule has 0 aromatic carbocycles. The van der Waals surface area contributed by atoms with E-state index in [-0.39, 0.29) is 38.6 Å². The van der Waals surface area contributed by atoms with Gasteiger partial charge in [0, 0.05) is 32.7 Å². The Balaban J connectivity index is 0.000000605. The molecule has 0 heterocycles. The Hall–Kier alpha value is 0.314. The van der Waals surface area contributed by atoms with Gasteiger partial charge in [-0.15, -0.1) is 12.0 Å². The maximum Gasteiger partial charge on any atom is 0.276 e. The number of allylic oxidation sites excluding steroid dienone is 2. The van der Waals surface area contributed by atoms with Crippen LogP contribution in [-0.2, 0) is 37.5 Å². The minimum Gasteiger partial charge on any atom is -0.483 e. The van der Waals surface area contributed by atoms with Crippen LogP contribution in [0.2, 0.25) is 0 Å². The number of carboxylic acid groups (broad SMARTS) is 1. The van der Waals surface area contributed by atoms with E-state index < -0.39 is 5.97 Å². The molecule has 2 aliphatic rings. The molecule has 0 aliphatic heterocycles. The SMILES string of the molecule is O=C(O)C1[CH-]C2C=CC1C2.[Y]. The van der Waals surface area contributed by atoms with Crippen molar-refractivity contribution in [3.63, 3.8) is 0 Å². The molecule has 2 rings (SSSR count). The number of rotatable bonds is 1. The van der Waals surface area contributed by atoms with E-state index in [0.29, 0.717) is 11.8 Å². The standard InChI is InChI=1S/C8H9O2.Y/c9-8(10)7-4-5-1-2-6(7)3-5;/h1-2,4-7H,3H2,(H,9,10);/q-1;. The van der Waals surface area contributed by atoms with E-state index in [1.54, 1.807) is 0 Å². The number of hydrogen-bond acceptors (Lipinski definition) is 1. The summed E-state index contributed by atoms with van der Waals surface area (Å²) in [6.45, 7) is 0. The summed E-state index contributed by atoms with van der Waals surface area (Å²) in [5, 5.41) is 8.67. The Kier molecular flexibility index (Phi) is 2.87. The Labute approximate surface area is 90.9 Å². The molecule has 57 valence electrons. The van der Waals surface area contributed by atoms with Crippen LogP contribution in [0.3, 0.4) is 0 Å². The molecular weight excluding hydrogens is 217 g/mol. The van der Waals surface area contributed by atoms with E-state index in [9.17, 15) is 4.79 Å². The average Bonchev–Trinajstić information content (AvgIpc) is 2.44. The van der Waals surface area contributed by atoms with Crippen molar-refractivity contribution in [1.29, 1.82) is 0 Å². The van der Waals surface area contributed by atoms with E-state index >= 15 is 0 Å². The normalized spacial score (nSPS) is 38.7. The second-order valence-corrected chi connectivity index (χ2v) is 3.00. The molecule has 0 spiro atoms. The second kappa shape index (κ2) is 3.36. The molecule has 0 aromatic heterocycles. The van der Waals surface area contributed by atoms with Crippen molar-refractivity contribution in [3.8, 4) is 0 Å². The molecule has 0 amide bonds. The maximum absolute atomic E-state index is 10.5. The zero-order chi connectivity index (χ0) is 7.14. The third kappa shape index (κ3) is 1.57. The molecule has 0 aromatic rings. The minimum atomic E-state index is -0.670. The number of carboxylic acids is 1. The van der Waals surface area contributed by atoms with Crippen LogP contribution in [0.4, 0.5) is 0 Å². The van der Waals surface area contributed by atoms with Crippen molar-refractivity contribution in [2.45, 2.75) is 6.42 Å². The van der Waals surface area contributed by atoms with E-state index in [1.165, 1.54) is 0 Å². The number of carbonyl (C=O) groups is 1. The first-order valence-corrected chi connectivity index (χ1v) is 3.53. The first-order chi connectivity index (χ1) is 4.77. The fraction of sp³-hybridized carbons (Fsp3) is 0.500. The summed E-state index contributed by atoms with van der Waals surface area (Å²) in [7, 11) is 0. The van der Waals surface area contributed by atoms with Crippen LogP contribution in [0.5, 0.6) is 0 Å². The van der Waals surface area contributed by atoms with E-state index in [2.05, 4.69) is 6.08 Å². The third-order valence-corrected chi connectivity index (χ3v) is 2.35. The molecule has 1 fully saturated rings. The molecule has 2 aliphatic carbocycles. The van der Waals surface area contributed by atoms with Crippen LogP contribution in [-0.4, -0.2) is 11.1 Å². The smallest absolute Gasteiger partial charge is 0.276 e. The van der Waals surface area contributed by atoms with E-state index in [1.807, 2.05) is 12.5 Å². The van der Waals surface area contributed by atoms with Crippen LogP contribution in [0.25, 0.3) is 0 Å². The molecule has 1 radical (unpaired) electrons. The molecule has 0 saturated heterocycles. The van der Waals surface area contributed by atoms with Crippen LogP contribution < -0.4 is 0 Å². The molecule has 3 atom stereocenters. The van der Waals surface area contributed by atoms with Gasteiger partial charge < -0.3 is 11.5 Å². The first-order valence-electron chi connectivity index (χ1n) is 3.53. The Morgan fingerprint density at radius 3 is 2.55 bits per heavy atom. The Morgan fingerprint density at radius 1 is 1.55 bits per heavy atom. The largest absolute Gasteiger partial charge is 0.483 e. The fourth-order valence-electron chi connectivity index (χ4n) is 1.84. The summed E-state index contributed by atoms with van der Waals surface area (Å²) in [5.41, 5.74) is 0. The zero-order valence-corrected chi connectivity index (χ0v) is 8.94. The number of hydrogen-bond donors (Lipinski definition) is 1. The van der Waals surface area contributed by atoms with Crippen LogP contribution >= 0.6 is 0 Å². The van der Waals surface area contributed by atoms with Crippen molar-refractivity contribution in [2.24, 2.45) is 17.8 Å². The second-order valence-electron chi connectivity index (χ2n) is 3.00. The summed E-state index contributed by atoms with van der Waals surface area (Å²) < 4.78 is 0.